The Labute approximate surface area is 165 Å². The summed E-state index contributed by atoms with van der Waals surface area (Å²) in [5.74, 6) is -0.134. The number of aryl methyl sites for hydroxylation is 1. The molecule has 1 aromatic heterocycles. The lowest BCUT2D eigenvalue weighted by Gasteiger charge is -2.08. The number of halogens is 2. The zero-order chi connectivity index (χ0) is 19.9. The summed E-state index contributed by atoms with van der Waals surface area (Å²) in [7, 11) is 3.05. The molecule has 0 fully saturated rings. The molecule has 0 aliphatic heterocycles. The average Bonchev–Trinajstić information content (AvgIpc) is 3.11. The summed E-state index contributed by atoms with van der Waals surface area (Å²) in [6.45, 7) is -0.145. The number of rotatable bonds is 7. The van der Waals surface area contributed by atoms with Gasteiger partial charge >= 0.3 is 0 Å². The summed E-state index contributed by atoms with van der Waals surface area (Å²) in [6.07, 6.45) is 0. The summed E-state index contributed by atoms with van der Waals surface area (Å²) < 4.78 is 15.7. The molecule has 0 N–H and O–H groups in total. The largest absolute Gasteiger partial charge is 0.399 e. The van der Waals surface area contributed by atoms with E-state index < -0.39 is 5.82 Å². The van der Waals surface area contributed by atoms with Crippen molar-refractivity contribution in [2.75, 3.05) is 13.7 Å². The van der Waals surface area contributed by atoms with E-state index >= 15 is 0 Å². The van der Waals surface area contributed by atoms with Gasteiger partial charge in [0.2, 0.25) is 5.82 Å². The first kappa shape index (κ1) is 19.4. The van der Waals surface area contributed by atoms with E-state index in [1.165, 1.54) is 23.9 Å². The molecule has 0 bridgehead atoms. The molecule has 0 unspecified atom stereocenters. The fraction of sp³-hybridized carbons (Fsp3) is 0.167. The Morgan fingerprint density at radius 3 is 2.61 bits per heavy atom. The first-order valence-corrected chi connectivity index (χ1v) is 8.51. The molecule has 3 aromatic rings. The topological polar surface area (TPSA) is 86.8 Å². The molecule has 0 amide bonds. The maximum Gasteiger partial charge on any atom is 0.204 e. The van der Waals surface area contributed by atoms with Crippen molar-refractivity contribution < 1.29 is 14.1 Å². The summed E-state index contributed by atoms with van der Waals surface area (Å²) in [4.78, 5) is 10.3. The van der Waals surface area contributed by atoms with Crippen LogP contribution in [0.1, 0.15) is 17.0 Å². The number of benzene rings is 2. The van der Waals surface area contributed by atoms with Crippen molar-refractivity contribution in [3.8, 4) is 0 Å². The van der Waals surface area contributed by atoms with Crippen molar-refractivity contribution in [1.82, 2.24) is 20.2 Å². The second kappa shape index (κ2) is 9.05. The second-order valence-corrected chi connectivity index (χ2v) is 5.99. The first-order chi connectivity index (χ1) is 13.6. The van der Waals surface area contributed by atoms with Crippen LogP contribution in [0.4, 0.5) is 4.39 Å². The second-order valence-electron chi connectivity index (χ2n) is 5.55. The molecule has 0 spiro atoms. The van der Waals surface area contributed by atoms with Gasteiger partial charge in [0.15, 0.2) is 12.3 Å². The van der Waals surface area contributed by atoms with Crippen LogP contribution in [-0.4, -0.2) is 45.3 Å². The zero-order valence-corrected chi connectivity index (χ0v) is 15.8. The lowest BCUT2D eigenvalue weighted by molar-refractivity contribution is 0.173. The van der Waals surface area contributed by atoms with Crippen LogP contribution < -0.4 is 0 Å². The van der Waals surface area contributed by atoms with Gasteiger partial charge in [-0.2, -0.15) is 0 Å². The van der Waals surface area contributed by atoms with Crippen LogP contribution in [0.2, 0.25) is 5.02 Å². The Bertz CT molecular complexity index is 1010. The molecule has 0 atom stereocenters. The Balaban J connectivity index is 1.88. The number of oxime groups is 2. The average molecular weight is 403 g/mol. The van der Waals surface area contributed by atoms with Crippen molar-refractivity contribution in [1.29, 1.82) is 0 Å². The molecular formula is C18H16ClFN6O2. The summed E-state index contributed by atoms with van der Waals surface area (Å²) >= 11 is 5.80. The molecule has 10 heteroatoms. The van der Waals surface area contributed by atoms with E-state index in [-0.39, 0.29) is 22.9 Å². The zero-order valence-electron chi connectivity index (χ0n) is 15.1. The molecule has 144 valence electrons. The summed E-state index contributed by atoms with van der Waals surface area (Å²) in [5, 5.41) is 19.7. The van der Waals surface area contributed by atoms with Gasteiger partial charge in [-0.3, -0.25) is 0 Å². The number of hydrogen-bond acceptors (Lipinski definition) is 7. The molecular weight excluding hydrogens is 387 g/mol. The predicted molar refractivity (Wildman–Crippen MR) is 102 cm³/mol. The maximum absolute atomic E-state index is 14.2. The Kier molecular flexibility index (Phi) is 6.28. The quantitative estimate of drug-likeness (QED) is 0.448. The van der Waals surface area contributed by atoms with Crippen molar-refractivity contribution in [2.24, 2.45) is 17.4 Å². The van der Waals surface area contributed by atoms with Gasteiger partial charge in [-0.25, -0.2) is 9.07 Å². The third-order valence-corrected chi connectivity index (χ3v) is 3.91. The van der Waals surface area contributed by atoms with Crippen LogP contribution in [-0.2, 0) is 16.7 Å². The van der Waals surface area contributed by atoms with Gasteiger partial charge in [0, 0.05) is 23.2 Å². The summed E-state index contributed by atoms with van der Waals surface area (Å²) in [5.41, 5.74) is 1.58. The van der Waals surface area contributed by atoms with Gasteiger partial charge < -0.3 is 9.68 Å². The third-order valence-electron chi connectivity index (χ3n) is 3.68. The molecule has 0 aliphatic carbocycles. The molecule has 28 heavy (non-hydrogen) atoms. The van der Waals surface area contributed by atoms with Gasteiger partial charge in [0.1, 0.15) is 18.6 Å². The van der Waals surface area contributed by atoms with Crippen LogP contribution in [0.25, 0.3) is 0 Å². The highest BCUT2D eigenvalue weighted by Gasteiger charge is 2.16. The van der Waals surface area contributed by atoms with Crippen LogP contribution in [0.5, 0.6) is 0 Å². The Morgan fingerprint density at radius 1 is 1.18 bits per heavy atom. The fourth-order valence-corrected chi connectivity index (χ4v) is 2.55. The van der Waals surface area contributed by atoms with Crippen LogP contribution in [0, 0.1) is 5.82 Å². The Hall–Kier alpha value is -3.33. The van der Waals surface area contributed by atoms with E-state index in [4.69, 9.17) is 21.3 Å². The highest BCUT2D eigenvalue weighted by atomic mass is 35.5. The standard InChI is InChI=1S/C18H16ClFN6O2/c1-26-18(21-24-25-26)17(12-6-4-3-5-7-12)23-28-11-16(22-27-2)14-9-8-13(19)10-15(14)20/h3-10H,11H2,1-2H3/b22-16-,23-17-. The van der Waals surface area contributed by atoms with Crippen molar-refractivity contribution in [3.05, 3.63) is 76.3 Å². The number of nitrogens with zero attached hydrogens (tertiary/aromatic N) is 6. The molecule has 1 heterocycles. The highest BCUT2D eigenvalue weighted by Crippen LogP contribution is 2.16. The number of hydrogen-bond donors (Lipinski definition) is 0. The van der Waals surface area contributed by atoms with E-state index in [1.807, 2.05) is 30.3 Å². The molecule has 2 aromatic carbocycles. The van der Waals surface area contributed by atoms with Gasteiger partial charge in [0.25, 0.3) is 0 Å². The minimum absolute atomic E-state index is 0.145. The fourth-order valence-electron chi connectivity index (χ4n) is 2.39. The summed E-state index contributed by atoms with van der Waals surface area (Å²) in [6, 6.07) is 13.5. The smallest absolute Gasteiger partial charge is 0.204 e. The molecule has 3 rings (SSSR count). The minimum atomic E-state index is -0.545. The lowest BCUT2D eigenvalue weighted by Crippen LogP contribution is -2.15. The normalized spacial score (nSPS) is 12.1. The minimum Gasteiger partial charge on any atom is -0.399 e. The van der Waals surface area contributed by atoms with Gasteiger partial charge in [0.05, 0.1) is 0 Å². The SMILES string of the molecule is CO/N=C(/CO/N=C(/c1ccccc1)c1nnnn1C)c1ccc(Cl)cc1F. The third kappa shape index (κ3) is 4.49. The van der Waals surface area contributed by atoms with Crippen LogP contribution >= 0.6 is 11.6 Å². The number of tetrazole rings is 1. The monoisotopic (exact) mass is 402 g/mol. The van der Waals surface area contributed by atoms with Crippen molar-refractivity contribution in [2.45, 2.75) is 0 Å². The van der Waals surface area contributed by atoms with E-state index in [9.17, 15) is 4.39 Å². The van der Waals surface area contributed by atoms with E-state index in [0.717, 1.165) is 5.56 Å². The van der Waals surface area contributed by atoms with E-state index in [1.54, 1.807) is 13.1 Å². The lowest BCUT2D eigenvalue weighted by atomic mass is 10.1. The Morgan fingerprint density at radius 2 is 1.96 bits per heavy atom. The molecule has 0 radical (unpaired) electrons. The predicted octanol–water partition coefficient (Wildman–Crippen LogP) is 2.82. The van der Waals surface area contributed by atoms with Gasteiger partial charge in [-0.15, -0.1) is 5.10 Å². The molecule has 8 nitrogen and oxygen atoms in total. The van der Waals surface area contributed by atoms with Crippen LogP contribution in [0.15, 0.2) is 58.8 Å². The van der Waals surface area contributed by atoms with Crippen molar-refractivity contribution in [3.63, 3.8) is 0 Å². The number of aromatic nitrogens is 4. The molecule has 0 aliphatic rings. The molecule has 0 saturated carbocycles. The van der Waals surface area contributed by atoms with Crippen molar-refractivity contribution >= 4 is 23.0 Å². The van der Waals surface area contributed by atoms with Crippen LogP contribution in [0.3, 0.4) is 0 Å². The first-order valence-electron chi connectivity index (χ1n) is 8.13. The van der Waals surface area contributed by atoms with Gasteiger partial charge in [-0.1, -0.05) is 52.2 Å². The van der Waals surface area contributed by atoms with E-state index in [2.05, 4.69) is 25.8 Å². The van der Waals surface area contributed by atoms with Gasteiger partial charge in [-0.05, 0) is 28.6 Å². The van der Waals surface area contributed by atoms with E-state index in [0.29, 0.717) is 11.5 Å². The highest BCUT2D eigenvalue weighted by molar-refractivity contribution is 6.30. The molecule has 0 saturated heterocycles. The maximum atomic E-state index is 14.2.